The van der Waals surface area contributed by atoms with Gasteiger partial charge in [0.2, 0.25) is 0 Å². The summed E-state index contributed by atoms with van der Waals surface area (Å²) in [5.74, 6) is 2.18. The van der Waals surface area contributed by atoms with Gasteiger partial charge in [-0.2, -0.15) is 0 Å². The monoisotopic (exact) mass is 326 g/mol. The van der Waals surface area contributed by atoms with Gasteiger partial charge in [-0.3, -0.25) is 0 Å². The maximum Gasteiger partial charge on any atom is 0.136 e. The lowest BCUT2D eigenvalue weighted by Gasteiger charge is -2.10. The maximum atomic E-state index is 5.97. The van der Waals surface area contributed by atoms with E-state index in [-0.39, 0.29) is 0 Å². The van der Waals surface area contributed by atoms with E-state index in [1.54, 1.807) is 0 Å². The first-order valence-corrected chi connectivity index (χ1v) is 6.51. The molecule has 2 N–H and O–H groups in total. The quantitative estimate of drug-likeness (QED) is 0.895. The second-order valence-corrected chi connectivity index (χ2v) is 4.98. The van der Waals surface area contributed by atoms with Crippen molar-refractivity contribution in [3.8, 4) is 0 Å². The Hall–Kier alpha value is -1.33. The molecule has 1 aromatic carbocycles. The molecule has 94 valence electrons. The van der Waals surface area contributed by atoms with Gasteiger partial charge in [-0.15, -0.1) is 0 Å². The zero-order valence-corrected chi connectivity index (χ0v) is 12.3. The van der Waals surface area contributed by atoms with Crippen LogP contribution in [0.15, 0.2) is 28.7 Å². The first kappa shape index (κ1) is 13.1. The minimum atomic E-state index is 0.667. The molecule has 0 aliphatic rings. The number of nitrogens with zero attached hydrogens (tertiary/aromatic N) is 2. The van der Waals surface area contributed by atoms with Crippen LogP contribution in [0, 0.1) is 6.92 Å². The molecule has 18 heavy (non-hydrogen) atoms. The first-order valence-electron chi connectivity index (χ1n) is 5.34. The number of anilines is 3. The molecule has 2 rings (SSSR count). The van der Waals surface area contributed by atoms with Crippen LogP contribution in [0.3, 0.4) is 0 Å². The molecule has 6 heteroatoms. The topological polar surface area (TPSA) is 49.8 Å². The van der Waals surface area contributed by atoms with E-state index in [0.717, 1.165) is 21.8 Å². The summed E-state index contributed by atoms with van der Waals surface area (Å²) in [6, 6.07) is 7.38. The highest BCUT2D eigenvalue weighted by Gasteiger charge is 2.04. The molecule has 2 aromatic rings. The van der Waals surface area contributed by atoms with Gasteiger partial charge in [0.05, 0.1) is 5.69 Å². The lowest BCUT2D eigenvalue weighted by Crippen LogP contribution is -2.01. The molecule has 0 aliphatic heterocycles. The smallest absolute Gasteiger partial charge is 0.136 e. The van der Waals surface area contributed by atoms with Crippen LogP contribution in [0.4, 0.5) is 17.3 Å². The Morgan fingerprint density at radius 2 is 1.89 bits per heavy atom. The van der Waals surface area contributed by atoms with Gasteiger partial charge in [-0.25, -0.2) is 9.97 Å². The molecular formula is C12H12BrClN4. The average molecular weight is 328 g/mol. The van der Waals surface area contributed by atoms with E-state index in [9.17, 15) is 0 Å². The third-order valence-electron chi connectivity index (χ3n) is 2.29. The number of benzene rings is 1. The van der Waals surface area contributed by atoms with Crippen molar-refractivity contribution in [2.24, 2.45) is 0 Å². The summed E-state index contributed by atoms with van der Waals surface area (Å²) in [7, 11) is 1.82. The van der Waals surface area contributed by atoms with Crippen LogP contribution in [0.25, 0.3) is 0 Å². The van der Waals surface area contributed by atoms with Crippen LogP contribution in [0.1, 0.15) is 5.82 Å². The molecule has 4 nitrogen and oxygen atoms in total. The molecule has 0 spiro atoms. The lowest BCUT2D eigenvalue weighted by atomic mass is 10.3. The molecule has 0 amide bonds. The van der Waals surface area contributed by atoms with E-state index in [1.165, 1.54) is 0 Å². The molecule has 0 unspecified atom stereocenters. The fraction of sp³-hybridized carbons (Fsp3) is 0.167. The minimum Gasteiger partial charge on any atom is -0.373 e. The van der Waals surface area contributed by atoms with E-state index in [1.807, 2.05) is 38.2 Å². The Morgan fingerprint density at radius 3 is 2.61 bits per heavy atom. The third-order valence-corrected chi connectivity index (χ3v) is 3.21. The molecule has 1 heterocycles. The number of aryl methyl sites for hydroxylation is 1. The number of aromatic nitrogens is 2. The Morgan fingerprint density at radius 1 is 1.17 bits per heavy atom. The van der Waals surface area contributed by atoms with Gasteiger partial charge < -0.3 is 10.6 Å². The highest BCUT2D eigenvalue weighted by molar-refractivity contribution is 9.10. The highest BCUT2D eigenvalue weighted by Crippen LogP contribution is 2.28. The van der Waals surface area contributed by atoms with E-state index in [0.29, 0.717) is 10.8 Å². The highest BCUT2D eigenvalue weighted by atomic mass is 79.9. The van der Waals surface area contributed by atoms with Crippen LogP contribution in [0.2, 0.25) is 5.02 Å². The second-order valence-electron chi connectivity index (χ2n) is 3.68. The van der Waals surface area contributed by atoms with E-state index >= 15 is 0 Å². The van der Waals surface area contributed by atoms with Crippen molar-refractivity contribution in [3.63, 3.8) is 0 Å². The number of rotatable bonds is 3. The van der Waals surface area contributed by atoms with E-state index < -0.39 is 0 Å². The van der Waals surface area contributed by atoms with Crippen LogP contribution in [-0.4, -0.2) is 17.0 Å². The molecule has 0 atom stereocenters. The number of hydrogen-bond acceptors (Lipinski definition) is 4. The third kappa shape index (κ3) is 3.11. The molecule has 0 radical (unpaired) electrons. The summed E-state index contributed by atoms with van der Waals surface area (Å²) >= 11 is 9.43. The fourth-order valence-electron chi connectivity index (χ4n) is 1.49. The zero-order valence-electron chi connectivity index (χ0n) is 9.96. The summed E-state index contributed by atoms with van der Waals surface area (Å²) < 4.78 is 0.925. The van der Waals surface area contributed by atoms with Gasteiger partial charge in [-0.1, -0.05) is 11.6 Å². The number of halogens is 2. The molecule has 0 saturated carbocycles. The van der Waals surface area contributed by atoms with Crippen molar-refractivity contribution in [2.45, 2.75) is 6.92 Å². The van der Waals surface area contributed by atoms with Crippen molar-refractivity contribution in [3.05, 3.63) is 39.6 Å². The number of nitrogens with one attached hydrogen (secondary N) is 2. The van der Waals surface area contributed by atoms with Crippen LogP contribution in [0.5, 0.6) is 0 Å². The van der Waals surface area contributed by atoms with Gasteiger partial charge in [-0.05, 0) is 41.1 Å². The summed E-state index contributed by atoms with van der Waals surface area (Å²) in [4.78, 5) is 8.56. The van der Waals surface area contributed by atoms with E-state index in [4.69, 9.17) is 11.6 Å². The molecule has 0 fully saturated rings. The van der Waals surface area contributed by atoms with Gasteiger partial charge >= 0.3 is 0 Å². The van der Waals surface area contributed by atoms with Gasteiger partial charge in [0.15, 0.2) is 0 Å². The first-order chi connectivity index (χ1) is 8.58. The Balaban J connectivity index is 2.33. The van der Waals surface area contributed by atoms with Crippen LogP contribution in [-0.2, 0) is 0 Å². The van der Waals surface area contributed by atoms with Crippen molar-refractivity contribution in [2.75, 3.05) is 17.7 Å². The molecular weight excluding hydrogens is 316 g/mol. The summed E-state index contributed by atoms with van der Waals surface area (Å²) in [5.41, 5.74) is 0.864. The zero-order chi connectivity index (χ0) is 13.1. The minimum absolute atomic E-state index is 0.667. The predicted octanol–water partition coefficient (Wildman–Crippen LogP) is 3.99. The summed E-state index contributed by atoms with van der Waals surface area (Å²) in [6.45, 7) is 1.85. The van der Waals surface area contributed by atoms with Crippen LogP contribution >= 0.6 is 27.5 Å². The molecule has 0 bridgehead atoms. The summed E-state index contributed by atoms with van der Waals surface area (Å²) in [6.07, 6.45) is 0. The van der Waals surface area contributed by atoms with Crippen molar-refractivity contribution >= 4 is 44.9 Å². The fourth-order valence-corrected chi connectivity index (χ4v) is 2.01. The average Bonchev–Trinajstić information content (AvgIpc) is 2.33. The van der Waals surface area contributed by atoms with Crippen molar-refractivity contribution < 1.29 is 0 Å². The lowest BCUT2D eigenvalue weighted by molar-refractivity contribution is 1.06. The maximum absolute atomic E-state index is 5.97. The molecule has 0 saturated heterocycles. The Labute approximate surface area is 119 Å². The number of hydrogen-bond donors (Lipinski definition) is 2. The van der Waals surface area contributed by atoms with Crippen LogP contribution < -0.4 is 10.6 Å². The summed E-state index contributed by atoms with van der Waals surface area (Å²) in [5, 5.41) is 6.86. The normalized spacial score (nSPS) is 10.2. The van der Waals surface area contributed by atoms with Crippen molar-refractivity contribution in [1.82, 2.24) is 9.97 Å². The van der Waals surface area contributed by atoms with Crippen molar-refractivity contribution in [1.29, 1.82) is 0 Å². The van der Waals surface area contributed by atoms with Gasteiger partial charge in [0.25, 0.3) is 0 Å². The predicted molar refractivity (Wildman–Crippen MR) is 78.8 cm³/mol. The Bertz CT molecular complexity index is 574. The van der Waals surface area contributed by atoms with Gasteiger partial charge in [0, 0.05) is 22.6 Å². The van der Waals surface area contributed by atoms with Gasteiger partial charge in [0.1, 0.15) is 17.5 Å². The second kappa shape index (κ2) is 5.54. The SMILES string of the molecule is CNc1cc(Nc2cc(Cl)ccc2Br)nc(C)n1. The Kier molecular flexibility index (Phi) is 4.04. The standard InChI is InChI=1S/C12H12BrClN4/c1-7-16-11(15-2)6-12(17-7)18-10-5-8(14)3-4-9(10)13/h3-6H,1-2H3,(H2,15,16,17,18). The molecule has 1 aromatic heterocycles. The van der Waals surface area contributed by atoms with E-state index in [2.05, 4.69) is 36.5 Å². The molecule has 0 aliphatic carbocycles. The largest absolute Gasteiger partial charge is 0.373 e.